The van der Waals surface area contributed by atoms with E-state index in [1.165, 1.54) is 12.1 Å². The maximum Gasteiger partial charge on any atom is 0.516 e. The number of hydrogen-bond donors (Lipinski definition) is 1. The summed E-state index contributed by atoms with van der Waals surface area (Å²) in [5.41, 5.74) is -6.33. The fourth-order valence-electron chi connectivity index (χ4n) is 2.19. The number of sulfonamides is 1. The van der Waals surface area contributed by atoms with E-state index < -0.39 is 20.9 Å². The Hall–Kier alpha value is -1.97. The van der Waals surface area contributed by atoms with Gasteiger partial charge in [0.15, 0.2) is 5.75 Å². The van der Waals surface area contributed by atoms with Crippen molar-refractivity contribution in [3.63, 3.8) is 0 Å². The van der Waals surface area contributed by atoms with E-state index in [0.717, 1.165) is 6.07 Å². The summed E-state index contributed by atoms with van der Waals surface area (Å²) in [5, 5.41) is 4.72. The Balaban J connectivity index is 2.55. The highest BCUT2D eigenvalue weighted by molar-refractivity contribution is 7.93. The molecule has 2 aromatic carbocycles. The second-order valence-corrected chi connectivity index (χ2v) is 9.52. The average Bonchev–Trinajstić information content (AvgIpc) is 2.56. The number of hydrogen-bond acceptors (Lipinski definition) is 4. The van der Waals surface area contributed by atoms with Gasteiger partial charge in [-0.15, -0.1) is 0 Å². The number of alkyl halides is 3. The first kappa shape index (κ1) is 23.3. The summed E-state index contributed by atoms with van der Waals surface area (Å²) in [7, 11) is -5.64. The molecule has 0 amide bonds. The van der Waals surface area contributed by atoms with Crippen LogP contribution in [-0.4, -0.2) is 19.6 Å². The third-order valence-electron chi connectivity index (χ3n) is 3.55. The van der Waals surface area contributed by atoms with Crippen LogP contribution >= 0.6 is 23.2 Å². The van der Waals surface area contributed by atoms with Gasteiger partial charge in [-0.3, -0.25) is 4.72 Å². The molecule has 2 rings (SSSR count). The smallest absolute Gasteiger partial charge is 0.357 e. The first-order chi connectivity index (χ1) is 13.2. The van der Waals surface area contributed by atoms with E-state index in [-0.39, 0.29) is 22.0 Å². The van der Waals surface area contributed by atoms with Crippen molar-refractivity contribution < 1.29 is 26.4 Å². The highest BCUT2D eigenvalue weighted by Gasteiger charge is 2.46. The Morgan fingerprint density at radius 2 is 1.55 bits per heavy atom. The maximum atomic E-state index is 12.8. The third kappa shape index (κ3) is 6.01. The van der Waals surface area contributed by atoms with Crippen LogP contribution in [0.25, 0.3) is 0 Å². The zero-order chi connectivity index (χ0) is 22.0. The molecule has 0 aliphatic carbocycles. The first-order valence-electron chi connectivity index (χ1n) is 8.11. The average molecular weight is 469 g/mol. The molecule has 0 fully saturated rings. The lowest BCUT2D eigenvalue weighted by molar-refractivity contribution is -0.0429. The fraction of sp³-hybridized carbons (Fsp3) is 0.278. The number of benzene rings is 2. The second kappa shape index (κ2) is 8.41. The standard InChI is InChI=1S/C18H17Cl2F3N2O3S/c1-17(2,3)16(24-28-13-7-4-11(19)5-8-13)14-10-12(20)6-9-15(14)25-29(26,27)18(21,22)23/h4-10,25H,1-3H3. The summed E-state index contributed by atoms with van der Waals surface area (Å²) in [6.45, 7) is 5.21. The predicted octanol–water partition coefficient (Wildman–Crippen LogP) is 6.08. The number of nitrogens with one attached hydrogen (secondary N) is 1. The third-order valence-corrected chi connectivity index (χ3v) is 5.14. The van der Waals surface area contributed by atoms with Crippen molar-refractivity contribution in [3.05, 3.63) is 58.1 Å². The maximum absolute atomic E-state index is 12.8. The lowest BCUT2D eigenvalue weighted by Gasteiger charge is -2.24. The molecule has 0 saturated carbocycles. The molecule has 5 nitrogen and oxygen atoms in total. The van der Waals surface area contributed by atoms with Crippen molar-refractivity contribution in [2.75, 3.05) is 4.72 Å². The van der Waals surface area contributed by atoms with Crippen molar-refractivity contribution in [3.8, 4) is 5.75 Å². The van der Waals surface area contributed by atoms with Gasteiger partial charge in [0.25, 0.3) is 0 Å². The van der Waals surface area contributed by atoms with Crippen LogP contribution in [0.1, 0.15) is 26.3 Å². The molecule has 0 unspecified atom stereocenters. The van der Waals surface area contributed by atoms with Crippen molar-refractivity contribution >= 4 is 44.6 Å². The molecule has 158 valence electrons. The van der Waals surface area contributed by atoms with Crippen LogP contribution in [0.3, 0.4) is 0 Å². The topological polar surface area (TPSA) is 67.8 Å². The zero-order valence-corrected chi connectivity index (χ0v) is 17.8. The summed E-state index contributed by atoms with van der Waals surface area (Å²) in [6, 6.07) is 9.96. The van der Waals surface area contributed by atoms with Crippen LogP contribution < -0.4 is 9.56 Å². The Morgan fingerprint density at radius 3 is 2.07 bits per heavy atom. The lowest BCUT2D eigenvalue weighted by Crippen LogP contribution is -2.31. The largest absolute Gasteiger partial charge is 0.516 e. The van der Waals surface area contributed by atoms with Crippen LogP contribution in [0.4, 0.5) is 18.9 Å². The van der Waals surface area contributed by atoms with Gasteiger partial charge in [0.1, 0.15) is 0 Å². The summed E-state index contributed by atoms with van der Waals surface area (Å²) in [4.78, 5) is 5.38. The summed E-state index contributed by atoms with van der Waals surface area (Å²) >= 11 is 11.8. The number of nitrogens with zero attached hydrogens (tertiary/aromatic N) is 1. The SMILES string of the molecule is CC(C)(C)C(=NOc1ccc(Cl)cc1)c1cc(Cl)ccc1NS(=O)(=O)C(F)(F)F. The Morgan fingerprint density at radius 1 is 1.00 bits per heavy atom. The molecule has 0 atom stereocenters. The molecule has 0 aliphatic heterocycles. The van der Waals surface area contributed by atoms with E-state index in [0.29, 0.717) is 10.8 Å². The molecule has 0 heterocycles. The Labute approximate surface area is 176 Å². The Kier molecular flexibility index (Phi) is 6.76. The molecule has 29 heavy (non-hydrogen) atoms. The van der Waals surface area contributed by atoms with Gasteiger partial charge in [-0.25, -0.2) is 0 Å². The second-order valence-electron chi connectivity index (χ2n) is 6.98. The summed E-state index contributed by atoms with van der Waals surface area (Å²) in [5.74, 6) is 0.329. The van der Waals surface area contributed by atoms with Gasteiger partial charge < -0.3 is 4.84 Å². The van der Waals surface area contributed by atoms with Gasteiger partial charge >= 0.3 is 15.5 Å². The van der Waals surface area contributed by atoms with Crippen molar-refractivity contribution in [2.45, 2.75) is 26.3 Å². The molecule has 0 aromatic heterocycles. The van der Waals surface area contributed by atoms with E-state index in [2.05, 4.69) is 5.16 Å². The van der Waals surface area contributed by atoms with Gasteiger partial charge in [-0.2, -0.15) is 21.6 Å². The van der Waals surface area contributed by atoms with Crippen molar-refractivity contribution in [1.29, 1.82) is 0 Å². The van der Waals surface area contributed by atoms with Crippen LogP contribution in [0, 0.1) is 5.41 Å². The quantitative estimate of drug-likeness (QED) is 0.426. The number of rotatable bonds is 5. The van der Waals surface area contributed by atoms with Crippen LogP contribution in [-0.2, 0) is 10.0 Å². The van der Waals surface area contributed by atoms with Gasteiger partial charge in [0, 0.05) is 21.0 Å². The molecule has 11 heteroatoms. The van der Waals surface area contributed by atoms with E-state index in [9.17, 15) is 21.6 Å². The monoisotopic (exact) mass is 468 g/mol. The highest BCUT2D eigenvalue weighted by Crippen LogP contribution is 2.33. The van der Waals surface area contributed by atoms with Gasteiger partial charge in [0.2, 0.25) is 0 Å². The molecule has 0 radical (unpaired) electrons. The van der Waals surface area contributed by atoms with Gasteiger partial charge in [0.05, 0.1) is 11.4 Å². The van der Waals surface area contributed by atoms with Crippen molar-refractivity contribution in [2.24, 2.45) is 10.6 Å². The summed E-state index contributed by atoms with van der Waals surface area (Å²) in [6.07, 6.45) is 0. The summed E-state index contributed by atoms with van der Waals surface area (Å²) < 4.78 is 63.2. The van der Waals surface area contributed by atoms with E-state index in [1.807, 2.05) is 0 Å². The molecular weight excluding hydrogens is 452 g/mol. The van der Waals surface area contributed by atoms with Gasteiger partial charge in [-0.05, 0) is 42.5 Å². The van der Waals surface area contributed by atoms with Crippen molar-refractivity contribution in [1.82, 2.24) is 0 Å². The minimum atomic E-state index is -5.64. The van der Waals surface area contributed by atoms with E-state index >= 15 is 0 Å². The van der Waals surface area contributed by atoms with Crippen LogP contribution in [0.2, 0.25) is 10.0 Å². The fourth-order valence-corrected chi connectivity index (χ4v) is 3.07. The Bertz CT molecular complexity index is 1020. The molecule has 0 aliphatic rings. The molecule has 0 spiro atoms. The molecular formula is C18H17Cl2F3N2O3S. The van der Waals surface area contributed by atoms with Gasteiger partial charge in [-0.1, -0.05) is 49.1 Å². The molecule has 1 N–H and O–H groups in total. The van der Waals surface area contributed by atoms with E-state index in [4.69, 9.17) is 28.0 Å². The minimum absolute atomic E-state index is 0.0480. The minimum Gasteiger partial charge on any atom is -0.357 e. The lowest BCUT2D eigenvalue weighted by atomic mass is 9.85. The molecule has 0 bridgehead atoms. The number of halogens is 5. The highest BCUT2D eigenvalue weighted by atomic mass is 35.5. The first-order valence-corrected chi connectivity index (χ1v) is 10.3. The van der Waals surface area contributed by atoms with Crippen LogP contribution in [0.5, 0.6) is 5.75 Å². The molecule has 2 aromatic rings. The molecule has 0 saturated heterocycles. The normalized spacial score (nSPS) is 13.3. The predicted molar refractivity (Wildman–Crippen MR) is 108 cm³/mol. The number of oxime groups is 1. The van der Waals surface area contributed by atoms with E-state index in [1.54, 1.807) is 49.8 Å². The van der Waals surface area contributed by atoms with Crippen LogP contribution in [0.15, 0.2) is 47.6 Å². The zero-order valence-electron chi connectivity index (χ0n) is 15.5. The number of anilines is 1.